The number of nitro groups is 1. The maximum atomic E-state index is 11.9. The summed E-state index contributed by atoms with van der Waals surface area (Å²) >= 11 is 0. The number of benzene rings is 2. The molecule has 1 heterocycles. The van der Waals surface area contributed by atoms with Crippen LogP contribution in [0, 0.1) is 24.0 Å². The van der Waals surface area contributed by atoms with Crippen LogP contribution in [0.15, 0.2) is 42.5 Å². The summed E-state index contributed by atoms with van der Waals surface area (Å²) < 4.78 is 5.20. The second-order valence-corrected chi connectivity index (χ2v) is 5.19. The molecule has 0 amide bonds. The summed E-state index contributed by atoms with van der Waals surface area (Å²) in [4.78, 5) is 23.0. The molecule has 2 aromatic rings. The van der Waals surface area contributed by atoms with Crippen molar-refractivity contribution in [3.05, 3.63) is 80.4 Å². The molecule has 0 bridgehead atoms. The van der Waals surface area contributed by atoms with Gasteiger partial charge in [0.1, 0.15) is 0 Å². The molecule has 1 aliphatic heterocycles. The highest BCUT2D eigenvalue weighted by atomic mass is 16.6. The van der Waals surface area contributed by atoms with Crippen LogP contribution in [0.2, 0.25) is 0 Å². The first kappa shape index (κ1) is 14.0. The van der Waals surface area contributed by atoms with Crippen molar-refractivity contribution in [2.45, 2.75) is 13.8 Å². The molecule has 0 unspecified atom stereocenters. The van der Waals surface area contributed by atoms with E-state index in [0.717, 1.165) is 11.1 Å². The van der Waals surface area contributed by atoms with Crippen molar-refractivity contribution in [3.63, 3.8) is 0 Å². The smallest absolute Gasteiger partial charge is 0.344 e. The predicted molar refractivity (Wildman–Crippen MR) is 81.6 cm³/mol. The largest absolute Gasteiger partial charge is 0.415 e. The highest BCUT2D eigenvalue weighted by Gasteiger charge is 2.35. The Kier molecular flexibility index (Phi) is 3.25. The molecular weight excluding hydrogens is 282 g/mol. The minimum atomic E-state index is -0.560. The van der Waals surface area contributed by atoms with Crippen LogP contribution >= 0.6 is 0 Å². The zero-order chi connectivity index (χ0) is 15.9. The molecule has 5 heteroatoms. The van der Waals surface area contributed by atoms with Gasteiger partial charge in [0.15, 0.2) is 0 Å². The van der Waals surface area contributed by atoms with Gasteiger partial charge in [-0.25, -0.2) is 4.79 Å². The minimum absolute atomic E-state index is 0.0132. The Morgan fingerprint density at radius 3 is 2.45 bits per heavy atom. The molecule has 5 nitrogen and oxygen atoms in total. The number of esters is 1. The maximum Gasteiger partial charge on any atom is 0.344 e. The molecule has 0 spiro atoms. The number of ether oxygens (including phenoxy) is 1. The molecule has 0 aromatic heterocycles. The summed E-state index contributed by atoms with van der Waals surface area (Å²) in [6, 6.07) is 12.1. The van der Waals surface area contributed by atoms with Crippen LogP contribution in [-0.4, -0.2) is 10.9 Å². The highest BCUT2D eigenvalue weighted by Crippen LogP contribution is 2.36. The van der Waals surface area contributed by atoms with Crippen molar-refractivity contribution in [3.8, 4) is 0 Å². The first-order chi connectivity index (χ1) is 10.5. The molecule has 0 saturated carbocycles. The summed E-state index contributed by atoms with van der Waals surface area (Å²) in [5, 5.41) is 11.6. The van der Waals surface area contributed by atoms with Gasteiger partial charge in [-0.2, -0.15) is 0 Å². The van der Waals surface area contributed by atoms with Gasteiger partial charge in [0.25, 0.3) is 0 Å². The molecule has 1 aliphatic rings. The van der Waals surface area contributed by atoms with Crippen LogP contribution in [0.3, 0.4) is 0 Å². The zero-order valence-corrected chi connectivity index (χ0v) is 12.1. The Labute approximate surface area is 127 Å². The van der Waals surface area contributed by atoms with Crippen molar-refractivity contribution in [1.82, 2.24) is 0 Å². The molecular formula is C17H13NO4. The predicted octanol–water partition coefficient (Wildman–Crippen LogP) is 3.58. The lowest BCUT2D eigenvalue weighted by atomic mass is 9.99. The number of nitrogens with zero attached hydrogens (tertiary/aromatic N) is 1. The van der Waals surface area contributed by atoms with Gasteiger partial charge in [-0.05, 0) is 31.5 Å². The van der Waals surface area contributed by atoms with Gasteiger partial charge in [-0.15, -0.1) is 0 Å². The monoisotopic (exact) mass is 295 g/mol. The van der Waals surface area contributed by atoms with Gasteiger partial charge >= 0.3 is 11.7 Å². The lowest BCUT2D eigenvalue weighted by Gasteiger charge is -2.07. The fraction of sp³-hybridized carbons (Fsp3) is 0.118. The normalized spacial score (nSPS) is 15.3. The standard InChI is InChI=1S/C17H13NO4/c1-10-7-8-11(2)14(9-10)15(18(20)21)16-12-5-3-4-6-13(12)17(19)22-16/h3-9H,1-2H3/b16-15+. The number of rotatable bonds is 2. The number of carbonyl (C=O) groups excluding carboxylic acids is 1. The van der Waals surface area contributed by atoms with E-state index in [0.29, 0.717) is 16.7 Å². The molecule has 3 rings (SSSR count). The molecule has 0 saturated heterocycles. The molecule has 0 fully saturated rings. The summed E-state index contributed by atoms with van der Waals surface area (Å²) in [5.74, 6) is -0.547. The van der Waals surface area contributed by atoms with Crippen molar-refractivity contribution in [2.75, 3.05) is 0 Å². The number of hydrogen-bond donors (Lipinski definition) is 0. The van der Waals surface area contributed by atoms with Crippen LogP contribution in [0.4, 0.5) is 0 Å². The van der Waals surface area contributed by atoms with E-state index in [-0.39, 0.29) is 11.5 Å². The van der Waals surface area contributed by atoms with Gasteiger partial charge in [0, 0.05) is 5.56 Å². The quantitative estimate of drug-likeness (QED) is 0.482. The zero-order valence-electron chi connectivity index (χ0n) is 12.1. The fourth-order valence-electron chi connectivity index (χ4n) is 2.53. The van der Waals surface area contributed by atoms with E-state index in [1.165, 1.54) is 0 Å². The second kappa shape index (κ2) is 5.11. The summed E-state index contributed by atoms with van der Waals surface area (Å²) in [6.45, 7) is 3.65. The van der Waals surface area contributed by atoms with Crippen LogP contribution in [-0.2, 0) is 4.74 Å². The Morgan fingerprint density at radius 1 is 1.09 bits per heavy atom. The first-order valence-electron chi connectivity index (χ1n) is 6.77. The second-order valence-electron chi connectivity index (χ2n) is 5.19. The Morgan fingerprint density at radius 2 is 1.77 bits per heavy atom. The molecule has 0 radical (unpaired) electrons. The van der Waals surface area contributed by atoms with Gasteiger partial charge in [0.2, 0.25) is 5.76 Å². The maximum absolute atomic E-state index is 11.9. The van der Waals surface area contributed by atoms with Crippen LogP contribution in [0.25, 0.3) is 11.5 Å². The van der Waals surface area contributed by atoms with Gasteiger partial charge in [0.05, 0.1) is 16.1 Å². The molecule has 110 valence electrons. The van der Waals surface area contributed by atoms with Gasteiger partial charge < -0.3 is 4.74 Å². The van der Waals surface area contributed by atoms with E-state index in [9.17, 15) is 14.9 Å². The highest BCUT2D eigenvalue weighted by molar-refractivity contribution is 6.07. The fourth-order valence-corrected chi connectivity index (χ4v) is 2.53. The average molecular weight is 295 g/mol. The van der Waals surface area contributed by atoms with E-state index in [2.05, 4.69) is 0 Å². The third-order valence-electron chi connectivity index (χ3n) is 3.63. The van der Waals surface area contributed by atoms with E-state index >= 15 is 0 Å². The van der Waals surface area contributed by atoms with Crippen LogP contribution in [0.1, 0.15) is 32.6 Å². The number of hydrogen-bond acceptors (Lipinski definition) is 4. The molecule has 2 aromatic carbocycles. The van der Waals surface area contributed by atoms with E-state index in [1.54, 1.807) is 37.3 Å². The van der Waals surface area contributed by atoms with Crippen LogP contribution < -0.4 is 0 Å². The number of aryl methyl sites for hydroxylation is 2. The molecule has 0 atom stereocenters. The van der Waals surface area contributed by atoms with Crippen LogP contribution in [0.5, 0.6) is 0 Å². The lowest BCUT2D eigenvalue weighted by molar-refractivity contribution is -0.375. The number of carbonyl (C=O) groups is 1. The Hall–Kier alpha value is -2.95. The van der Waals surface area contributed by atoms with Crippen molar-refractivity contribution >= 4 is 17.4 Å². The van der Waals surface area contributed by atoms with Crippen molar-refractivity contribution in [1.29, 1.82) is 0 Å². The van der Waals surface area contributed by atoms with E-state index < -0.39 is 10.9 Å². The summed E-state index contributed by atoms with van der Waals surface area (Å²) in [7, 11) is 0. The molecule has 0 aliphatic carbocycles. The third-order valence-corrected chi connectivity index (χ3v) is 3.63. The number of fused-ring (bicyclic) bond motifs is 1. The first-order valence-corrected chi connectivity index (χ1v) is 6.77. The Bertz CT molecular complexity index is 836. The number of cyclic esters (lactones) is 1. The van der Waals surface area contributed by atoms with Crippen molar-refractivity contribution in [2.24, 2.45) is 0 Å². The van der Waals surface area contributed by atoms with E-state index in [4.69, 9.17) is 4.74 Å². The topological polar surface area (TPSA) is 69.4 Å². The minimum Gasteiger partial charge on any atom is -0.415 e. The van der Waals surface area contributed by atoms with Gasteiger partial charge in [-0.1, -0.05) is 35.9 Å². The van der Waals surface area contributed by atoms with E-state index in [1.807, 2.05) is 19.1 Å². The third kappa shape index (κ3) is 2.16. The SMILES string of the molecule is Cc1ccc(C)c(/C(=C2\OC(=O)c3ccccc32)[N+](=O)[O-])c1. The molecule has 0 N–H and O–H groups in total. The van der Waals surface area contributed by atoms with Gasteiger partial charge in [-0.3, -0.25) is 10.1 Å². The van der Waals surface area contributed by atoms with Crippen molar-refractivity contribution < 1.29 is 14.5 Å². The average Bonchev–Trinajstić information content (AvgIpc) is 2.80. The molecule has 22 heavy (non-hydrogen) atoms. The lowest BCUT2D eigenvalue weighted by Crippen LogP contribution is -2.04. The Balaban J connectivity index is 2.32. The summed E-state index contributed by atoms with van der Waals surface area (Å²) in [5.41, 5.74) is 2.75. The summed E-state index contributed by atoms with van der Waals surface area (Å²) in [6.07, 6.45) is 0.